The number of hydrogen-bond acceptors (Lipinski definition) is 3. The summed E-state index contributed by atoms with van der Waals surface area (Å²) in [6.07, 6.45) is 3.63. The molecule has 0 fully saturated rings. The van der Waals surface area contributed by atoms with Gasteiger partial charge in [0.1, 0.15) is 23.3 Å². The predicted molar refractivity (Wildman–Crippen MR) is 263 cm³/mol. The van der Waals surface area contributed by atoms with Crippen LogP contribution in [0.25, 0.3) is 111 Å². The second-order valence-electron chi connectivity index (χ2n) is 16.4. The molecule has 0 unspecified atom stereocenters. The number of nitrogens with zero attached hydrogens (tertiary/aromatic N) is 5. The molecule has 5 nitrogen and oxygen atoms in total. The molecule has 0 aliphatic carbocycles. The fourth-order valence-corrected chi connectivity index (χ4v) is 9.69. The van der Waals surface area contributed by atoms with E-state index in [1.54, 1.807) is 0 Å². The number of aromatic nitrogens is 4. The summed E-state index contributed by atoms with van der Waals surface area (Å²) in [4.78, 5) is 9.62. The highest BCUT2D eigenvalue weighted by molar-refractivity contribution is 6.13. The van der Waals surface area contributed by atoms with Crippen molar-refractivity contribution in [2.24, 2.45) is 0 Å². The minimum atomic E-state index is -0.693. The molecule has 0 aliphatic rings. The molecule has 0 N–H and O–H groups in total. The Morgan fingerprint density at radius 1 is 0.364 bits per heavy atom. The quantitative estimate of drug-likeness (QED) is 0.160. The van der Waals surface area contributed by atoms with Crippen LogP contribution in [0.5, 0.6) is 0 Å². The average Bonchev–Trinajstić information content (AvgIpc) is 3.88. The molecule has 0 saturated carbocycles. The van der Waals surface area contributed by atoms with Crippen LogP contribution in [-0.4, -0.2) is 19.1 Å². The smallest absolute Gasteiger partial charge is 0.126 e. The van der Waals surface area contributed by atoms with Gasteiger partial charge >= 0.3 is 0 Å². The fraction of sp³-hybridized carbons (Fsp3) is 0. The summed E-state index contributed by atoms with van der Waals surface area (Å²) in [6, 6.07) is 67.3. The van der Waals surface area contributed by atoms with E-state index in [0.29, 0.717) is 28.1 Å². The van der Waals surface area contributed by atoms with Crippen LogP contribution in [0.3, 0.4) is 0 Å². The van der Waals surface area contributed by atoms with E-state index in [0.717, 1.165) is 94.4 Å². The standard InChI is InChI=1S/C59H35F2N5/c60-43-29-41(30-44(61)35-43)42-33-56(65-52-21-9-7-17-47(52)49-31-39(23-25-54(49)65)45-19-11-27-63-58(45)37-13-3-1-4-14-37)51(36-62)57(34-42)66-53-22-10-8-18-48(53)50-32-40(24-26-55(50)66)46-20-12-28-64-59(46)38-15-5-2-6-16-38/h1-35H. The van der Waals surface area contributed by atoms with Gasteiger partial charge in [-0.25, -0.2) is 8.78 Å². The van der Waals surface area contributed by atoms with Crippen molar-refractivity contribution in [3.8, 4) is 73.3 Å². The average molecular weight is 852 g/mol. The Hall–Kier alpha value is -8.99. The number of fused-ring (bicyclic) bond motifs is 6. The zero-order valence-electron chi connectivity index (χ0n) is 35.2. The molecule has 0 bridgehead atoms. The molecule has 12 aromatic rings. The first-order valence-corrected chi connectivity index (χ1v) is 21.7. The fourth-order valence-electron chi connectivity index (χ4n) is 9.69. The molecule has 8 aromatic carbocycles. The van der Waals surface area contributed by atoms with Crippen LogP contribution in [-0.2, 0) is 0 Å². The molecular weight excluding hydrogens is 817 g/mol. The predicted octanol–water partition coefficient (Wildman–Crippen LogP) is 15.2. The Kier molecular flexibility index (Phi) is 9.18. The Labute approximate surface area is 378 Å². The summed E-state index contributed by atoms with van der Waals surface area (Å²) in [5, 5.41) is 15.4. The van der Waals surface area contributed by atoms with Gasteiger partial charge in [-0.3, -0.25) is 9.97 Å². The summed E-state index contributed by atoms with van der Waals surface area (Å²) in [5.41, 5.74) is 13.7. The van der Waals surface area contributed by atoms with Crippen LogP contribution < -0.4 is 0 Å². The number of para-hydroxylation sites is 2. The number of benzene rings is 8. The third-order valence-corrected chi connectivity index (χ3v) is 12.6. The van der Waals surface area contributed by atoms with Crippen LogP contribution in [0.15, 0.2) is 213 Å². The highest BCUT2D eigenvalue weighted by Gasteiger charge is 2.24. The molecule has 7 heteroatoms. The normalized spacial score (nSPS) is 11.5. The maximum Gasteiger partial charge on any atom is 0.126 e. The highest BCUT2D eigenvalue weighted by atomic mass is 19.1. The van der Waals surface area contributed by atoms with Crippen molar-refractivity contribution in [3.63, 3.8) is 0 Å². The lowest BCUT2D eigenvalue weighted by Crippen LogP contribution is -2.05. The zero-order chi connectivity index (χ0) is 44.3. The summed E-state index contributed by atoms with van der Waals surface area (Å²) in [6.45, 7) is 0. The summed E-state index contributed by atoms with van der Waals surface area (Å²) in [5.74, 6) is -1.39. The monoisotopic (exact) mass is 851 g/mol. The third kappa shape index (κ3) is 6.35. The summed E-state index contributed by atoms with van der Waals surface area (Å²) >= 11 is 0. The maximum atomic E-state index is 15.2. The molecule has 0 spiro atoms. The van der Waals surface area contributed by atoms with Crippen LogP contribution in [0.2, 0.25) is 0 Å². The van der Waals surface area contributed by atoms with Gasteiger partial charge in [-0.2, -0.15) is 5.26 Å². The van der Waals surface area contributed by atoms with Crippen molar-refractivity contribution in [2.75, 3.05) is 0 Å². The summed E-state index contributed by atoms with van der Waals surface area (Å²) < 4.78 is 34.5. The molecule has 12 rings (SSSR count). The van der Waals surface area contributed by atoms with Crippen molar-refractivity contribution in [2.45, 2.75) is 0 Å². The van der Waals surface area contributed by atoms with Gasteiger partial charge in [0, 0.05) is 62.3 Å². The molecule has 0 radical (unpaired) electrons. The van der Waals surface area contributed by atoms with Gasteiger partial charge < -0.3 is 9.13 Å². The Morgan fingerprint density at radius 3 is 1.26 bits per heavy atom. The number of hydrogen-bond donors (Lipinski definition) is 0. The Balaban J connectivity index is 1.12. The minimum Gasteiger partial charge on any atom is -0.308 e. The lowest BCUT2D eigenvalue weighted by molar-refractivity contribution is 0.584. The SMILES string of the molecule is N#Cc1c(-n2c3ccccc3c3cc(-c4cccnc4-c4ccccc4)ccc32)cc(-c2cc(F)cc(F)c2)cc1-n1c2ccccc2c2cc(-c3cccnc3-c3ccccc3)ccc21. The van der Waals surface area contributed by atoms with Crippen LogP contribution in [0, 0.1) is 23.0 Å². The van der Waals surface area contributed by atoms with Gasteiger partial charge in [0.2, 0.25) is 0 Å². The van der Waals surface area contributed by atoms with Crippen molar-refractivity contribution in [3.05, 3.63) is 230 Å². The van der Waals surface area contributed by atoms with E-state index in [1.807, 2.05) is 109 Å². The molecule has 66 heavy (non-hydrogen) atoms. The highest BCUT2D eigenvalue weighted by Crippen LogP contribution is 2.43. The van der Waals surface area contributed by atoms with E-state index in [4.69, 9.17) is 9.97 Å². The van der Waals surface area contributed by atoms with Crippen molar-refractivity contribution >= 4 is 43.6 Å². The first kappa shape index (κ1) is 38.7. The molecule has 0 saturated heterocycles. The topological polar surface area (TPSA) is 59.4 Å². The van der Waals surface area contributed by atoms with Crippen molar-refractivity contribution < 1.29 is 8.78 Å². The lowest BCUT2D eigenvalue weighted by Gasteiger charge is -2.18. The number of rotatable bonds is 7. The molecule has 4 heterocycles. The van der Waals surface area contributed by atoms with Gasteiger partial charge in [-0.15, -0.1) is 0 Å². The second kappa shape index (κ2) is 15.7. The Bertz CT molecular complexity index is 3680. The molecule has 4 aromatic heterocycles. The van der Waals surface area contributed by atoms with Crippen LogP contribution >= 0.6 is 0 Å². The number of pyridine rings is 2. The van der Waals surface area contributed by atoms with Gasteiger partial charge in [0.25, 0.3) is 0 Å². The van der Waals surface area contributed by atoms with Gasteiger partial charge in [-0.1, -0.05) is 121 Å². The van der Waals surface area contributed by atoms with Crippen molar-refractivity contribution in [1.82, 2.24) is 19.1 Å². The number of halogens is 2. The third-order valence-electron chi connectivity index (χ3n) is 12.6. The molecular formula is C59H35F2N5. The lowest BCUT2D eigenvalue weighted by atomic mass is 9.97. The molecule has 0 aliphatic heterocycles. The first-order valence-electron chi connectivity index (χ1n) is 21.7. The zero-order valence-corrected chi connectivity index (χ0v) is 35.2. The van der Waals surface area contributed by atoms with Gasteiger partial charge in [0.15, 0.2) is 0 Å². The van der Waals surface area contributed by atoms with E-state index in [9.17, 15) is 5.26 Å². The van der Waals surface area contributed by atoms with Crippen molar-refractivity contribution in [1.29, 1.82) is 5.26 Å². The van der Waals surface area contributed by atoms with E-state index >= 15 is 8.78 Å². The number of nitriles is 1. The van der Waals surface area contributed by atoms with Crippen LogP contribution in [0.4, 0.5) is 8.78 Å². The van der Waals surface area contributed by atoms with E-state index < -0.39 is 11.6 Å². The first-order chi connectivity index (χ1) is 32.5. The van der Waals surface area contributed by atoms with E-state index in [2.05, 4.69) is 100 Å². The maximum absolute atomic E-state index is 15.2. The molecule has 0 atom stereocenters. The van der Waals surface area contributed by atoms with Gasteiger partial charge in [0.05, 0.1) is 44.8 Å². The van der Waals surface area contributed by atoms with E-state index in [1.165, 1.54) is 12.1 Å². The van der Waals surface area contributed by atoms with Crippen LogP contribution in [0.1, 0.15) is 5.56 Å². The van der Waals surface area contributed by atoms with Gasteiger partial charge in [-0.05, 0) is 95.1 Å². The summed E-state index contributed by atoms with van der Waals surface area (Å²) in [7, 11) is 0. The molecule has 310 valence electrons. The largest absolute Gasteiger partial charge is 0.308 e. The van der Waals surface area contributed by atoms with E-state index in [-0.39, 0.29) is 0 Å². The Morgan fingerprint density at radius 2 is 0.788 bits per heavy atom. The second-order valence-corrected chi connectivity index (χ2v) is 16.4. The minimum absolute atomic E-state index is 0.348. The molecule has 0 amide bonds.